The minimum atomic E-state index is -3.67. The summed E-state index contributed by atoms with van der Waals surface area (Å²) in [6.07, 6.45) is 6.48. The molecule has 11 heteroatoms. The van der Waals surface area contributed by atoms with Crippen LogP contribution in [0.15, 0.2) is 24.3 Å². The van der Waals surface area contributed by atoms with Crippen LogP contribution in [0.1, 0.15) is 50.1 Å². The number of hydrogen-bond acceptors (Lipinski definition) is 7. The quantitative estimate of drug-likeness (QED) is 0.437. The van der Waals surface area contributed by atoms with E-state index in [0.717, 1.165) is 69.8 Å². The van der Waals surface area contributed by atoms with Crippen molar-refractivity contribution in [1.82, 2.24) is 15.8 Å². The molecule has 1 saturated carbocycles. The Balaban J connectivity index is 0.000000588. The summed E-state index contributed by atoms with van der Waals surface area (Å²) in [6, 6.07) is 8.18. The topological polar surface area (TPSA) is 137 Å². The molecule has 34 heavy (non-hydrogen) atoms. The van der Waals surface area contributed by atoms with E-state index in [1.165, 1.54) is 6.42 Å². The maximum Gasteiger partial charge on any atom is 0.261 e. The summed E-state index contributed by atoms with van der Waals surface area (Å²) < 4.78 is 31.2. The van der Waals surface area contributed by atoms with Gasteiger partial charge in [0.05, 0.1) is 25.5 Å². The molecule has 190 valence electrons. The average molecular weight is 497 g/mol. The van der Waals surface area contributed by atoms with Crippen LogP contribution in [-0.2, 0) is 24.4 Å². The Morgan fingerprint density at radius 1 is 1.18 bits per heavy atom. The van der Waals surface area contributed by atoms with Crippen molar-refractivity contribution in [3.8, 4) is 0 Å². The Morgan fingerprint density at radius 3 is 2.50 bits per heavy atom. The number of hydrogen-bond donors (Lipinski definition) is 4. The molecule has 2 heterocycles. The van der Waals surface area contributed by atoms with Crippen LogP contribution in [0, 0.1) is 11.8 Å². The second-order valence-electron chi connectivity index (χ2n) is 9.13. The van der Waals surface area contributed by atoms with E-state index in [0.29, 0.717) is 18.6 Å². The number of nitrogens with one attached hydrogen (secondary N) is 3. The lowest BCUT2D eigenvalue weighted by molar-refractivity contribution is -0.133. The van der Waals surface area contributed by atoms with E-state index in [-0.39, 0.29) is 23.8 Å². The van der Waals surface area contributed by atoms with E-state index in [9.17, 15) is 18.0 Å². The summed E-state index contributed by atoms with van der Waals surface area (Å²) in [5.41, 5.74) is 8.04. The van der Waals surface area contributed by atoms with Crippen molar-refractivity contribution in [3.63, 3.8) is 0 Å². The van der Waals surface area contributed by atoms with Gasteiger partial charge in [-0.1, -0.05) is 25.0 Å². The molecule has 0 radical (unpaired) electrons. The fourth-order valence-electron chi connectivity index (χ4n) is 4.85. The number of fused-ring (bicyclic) bond motifs is 1. The summed E-state index contributed by atoms with van der Waals surface area (Å²) in [4.78, 5) is 26.7. The molecule has 1 aromatic rings. The van der Waals surface area contributed by atoms with Gasteiger partial charge in [-0.05, 0) is 49.4 Å². The molecule has 0 bridgehead atoms. The van der Waals surface area contributed by atoms with Crippen molar-refractivity contribution in [2.24, 2.45) is 11.8 Å². The van der Waals surface area contributed by atoms with Crippen LogP contribution in [0.25, 0.3) is 0 Å². The van der Waals surface area contributed by atoms with Crippen LogP contribution in [0.5, 0.6) is 0 Å². The van der Waals surface area contributed by atoms with Crippen molar-refractivity contribution in [2.45, 2.75) is 44.6 Å². The lowest BCUT2D eigenvalue weighted by Crippen LogP contribution is -2.55. The minimum absolute atomic E-state index is 0.0569. The number of hydrazine groups is 1. The predicted molar refractivity (Wildman–Crippen MR) is 129 cm³/mol. The first-order valence-corrected chi connectivity index (χ1v) is 13.7. The summed E-state index contributed by atoms with van der Waals surface area (Å²) in [5.74, 6) is 0.646. The zero-order chi connectivity index (χ0) is 24.6. The third-order valence-corrected chi connectivity index (χ3v) is 6.47. The van der Waals surface area contributed by atoms with Crippen molar-refractivity contribution >= 4 is 27.6 Å². The van der Waals surface area contributed by atoms with Gasteiger partial charge >= 0.3 is 0 Å². The fourth-order valence-corrected chi connectivity index (χ4v) is 4.85. The average Bonchev–Trinajstić information content (AvgIpc) is 2.80. The Labute approximate surface area is 201 Å². The van der Waals surface area contributed by atoms with E-state index in [2.05, 4.69) is 33.2 Å². The van der Waals surface area contributed by atoms with E-state index < -0.39 is 10.1 Å². The highest BCUT2D eigenvalue weighted by Crippen LogP contribution is 2.40. The number of carbonyl (C=O) groups excluding carboxylic acids is 2. The van der Waals surface area contributed by atoms with Gasteiger partial charge < -0.3 is 10.1 Å². The van der Waals surface area contributed by atoms with E-state index in [4.69, 9.17) is 9.29 Å². The highest BCUT2D eigenvalue weighted by molar-refractivity contribution is 7.85. The van der Waals surface area contributed by atoms with E-state index in [1.54, 1.807) is 0 Å². The van der Waals surface area contributed by atoms with Crippen LogP contribution < -0.4 is 16.2 Å². The molecule has 1 aliphatic carbocycles. The highest BCUT2D eigenvalue weighted by Gasteiger charge is 2.40. The molecular formula is C23H36N4O6S. The van der Waals surface area contributed by atoms with E-state index >= 15 is 0 Å². The molecule has 3 unspecified atom stereocenters. The molecule has 3 fully saturated rings. The summed E-state index contributed by atoms with van der Waals surface area (Å²) in [6.45, 7) is 4.44. The molecule has 3 atom stereocenters. The van der Waals surface area contributed by atoms with Crippen molar-refractivity contribution in [2.75, 3.05) is 44.4 Å². The van der Waals surface area contributed by atoms with Gasteiger partial charge in [0.2, 0.25) is 11.8 Å². The molecule has 10 nitrogen and oxygen atoms in total. The van der Waals surface area contributed by atoms with Crippen LogP contribution >= 0.6 is 0 Å². The number of rotatable bonds is 6. The normalized spacial score (nSPS) is 25.4. The zero-order valence-corrected chi connectivity index (χ0v) is 20.5. The number of nitrogens with zero attached hydrogens (tertiary/aromatic N) is 1. The van der Waals surface area contributed by atoms with Crippen LogP contribution in [0.3, 0.4) is 0 Å². The number of anilines is 1. The van der Waals surface area contributed by atoms with Crippen LogP contribution in [0.4, 0.5) is 5.69 Å². The molecule has 0 spiro atoms. The molecule has 1 aromatic carbocycles. The predicted octanol–water partition coefficient (Wildman–Crippen LogP) is 1.72. The van der Waals surface area contributed by atoms with Gasteiger partial charge in [-0.15, -0.1) is 0 Å². The summed E-state index contributed by atoms with van der Waals surface area (Å²) >= 11 is 0. The molecule has 4 rings (SSSR count). The van der Waals surface area contributed by atoms with Gasteiger partial charge in [-0.2, -0.15) is 8.42 Å². The second-order valence-corrected chi connectivity index (χ2v) is 10.6. The summed E-state index contributed by atoms with van der Waals surface area (Å²) in [5, 5.41) is 3.00. The highest BCUT2D eigenvalue weighted by atomic mass is 32.2. The Bertz CT molecular complexity index is 910. The maximum atomic E-state index is 12.3. The number of benzene rings is 1. The van der Waals surface area contributed by atoms with E-state index in [1.807, 2.05) is 12.1 Å². The molecule has 2 aliphatic heterocycles. The largest absolute Gasteiger partial charge is 0.379 e. The first-order valence-electron chi connectivity index (χ1n) is 11.9. The maximum absolute atomic E-state index is 12.3. The Morgan fingerprint density at radius 2 is 1.82 bits per heavy atom. The second kappa shape index (κ2) is 12.6. The van der Waals surface area contributed by atoms with Crippen molar-refractivity contribution in [1.29, 1.82) is 0 Å². The molecule has 4 N–H and O–H groups in total. The van der Waals surface area contributed by atoms with Gasteiger partial charge in [-0.3, -0.25) is 24.5 Å². The fraction of sp³-hybridized carbons (Fsp3) is 0.652. The van der Waals surface area contributed by atoms with Gasteiger partial charge in [0.25, 0.3) is 10.1 Å². The number of amides is 2. The zero-order valence-electron chi connectivity index (χ0n) is 19.7. The Hall–Kier alpha value is -2.05. The molecule has 3 aliphatic rings. The van der Waals surface area contributed by atoms with Crippen molar-refractivity contribution in [3.05, 3.63) is 29.8 Å². The monoisotopic (exact) mass is 496 g/mol. The summed E-state index contributed by atoms with van der Waals surface area (Å²) in [7, 11) is -3.67. The smallest absolute Gasteiger partial charge is 0.261 e. The standard InChI is InChI=1S/C22H32N4O3.CH4O3S/c27-20(6-3-11-26-12-14-29-15-13-26)23-17-9-7-16(8-10-17)21-18-4-1-2-5-19(18)22(28)25-24-21;1-5(2,3)4/h7-10,18-19,21,24H,1-6,11-15H2,(H,23,27)(H,25,28);1H3,(H,2,3,4). The molecule has 2 amide bonds. The van der Waals surface area contributed by atoms with Gasteiger partial charge in [0.1, 0.15) is 0 Å². The number of carbonyl (C=O) groups is 2. The molecule has 0 aromatic heterocycles. The van der Waals surface area contributed by atoms with Gasteiger partial charge in [0.15, 0.2) is 0 Å². The first kappa shape index (κ1) is 26.6. The first-order chi connectivity index (χ1) is 16.2. The van der Waals surface area contributed by atoms with Crippen LogP contribution in [0.2, 0.25) is 0 Å². The Kier molecular flexibility index (Phi) is 9.84. The van der Waals surface area contributed by atoms with Gasteiger partial charge in [0, 0.05) is 31.1 Å². The lowest BCUT2D eigenvalue weighted by atomic mass is 9.72. The molecule has 2 saturated heterocycles. The van der Waals surface area contributed by atoms with Gasteiger partial charge in [-0.25, -0.2) is 5.43 Å². The molecular weight excluding hydrogens is 460 g/mol. The number of morpholine rings is 1. The minimum Gasteiger partial charge on any atom is -0.379 e. The SMILES string of the molecule is CS(=O)(=O)O.O=C(CCCN1CCOCC1)Nc1ccc(C2NNC(=O)C3CCCCC32)cc1. The third kappa shape index (κ3) is 8.62. The number of ether oxygens (including phenoxy) is 1. The van der Waals surface area contributed by atoms with Crippen molar-refractivity contribution < 1.29 is 27.3 Å². The van der Waals surface area contributed by atoms with Crippen LogP contribution in [-0.4, -0.2) is 68.8 Å². The third-order valence-electron chi connectivity index (χ3n) is 6.47. The lowest BCUT2D eigenvalue weighted by Gasteiger charge is -2.41.